The van der Waals surface area contributed by atoms with Crippen molar-refractivity contribution >= 4 is 0 Å². The van der Waals surface area contributed by atoms with Crippen molar-refractivity contribution in [3.63, 3.8) is 0 Å². The summed E-state index contributed by atoms with van der Waals surface area (Å²) in [6.45, 7) is 5.01. The molecule has 1 aromatic heterocycles. The van der Waals surface area contributed by atoms with E-state index in [9.17, 15) is 0 Å². The average Bonchev–Trinajstić information content (AvgIpc) is 2.77. The number of nitrogens with zero attached hydrogens (tertiary/aromatic N) is 2. The van der Waals surface area contributed by atoms with Crippen LogP contribution in [0.5, 0.6) is 0 Å². The molecule has 1 unspecified atom stereocenters. The number of rotatable bonds is 4. The van der Waals surface area contributed by atoms with Gasteiger partial charge in [0.25, 0.3) is 0 Å². The molecule has 0 saturated heterocycles. The van der Waals surface area contributed by atoms with E-state index in [1.54, 1.807) is 0 Å². The molecule has 2 aromatic rings. The van der Waals surface area contributed by atoms with E-state index in [0.29, 0.717) is 11.7 Å². The topological polar surface area (TPSA) is 40.8 Å². The summed E-state index contributed by atoms with van der Waals surface area (Å²) in [5.41, 5.74) is 4.39. The van der Waals surface area contributed by atoms with E-state index < -0.39 is 0 Å². The molecule has 0 fully saturated rings. The minimum atomic E-state index is 0.298. The highest BCUT2D eigenvalue weighted by molar-refractivity contribution is 5.29. The first-order chi connectivity index (χ1) is 9.10. The third-order valence-electron chi connectivity index (χ3n) is 3.37. The molecule has 0 aliphatic heterocycles. The number of aryl methyl sites for hydroxylation is 2. The molecule has 3 nitrogen and oxygen atoms in total. The van der Waals surface area contributed by atoms with Gasteiger partial charge in [-0.3, -0.25) is 0 Å². The lowest BCUT2D eigenvalue weighted by atomic mass is 10.1. The molecule has 0 saturated carbocycles. The summed E-state index contributed by atoms with van der Waals surface area (Å²) >= 11 is 0. The lowest BCUT2D eigenvalue weighted by molar-refractivity contribution is 0.574. The van der Waals surface area contributed by atoms with Crippen molar-refractivity contribution in [3.8, 4) is 6.07 Å². The zero-order chi connectivity index (χ0) is 13.8. The van der Waals surface area contributed by atoms with E-state index in [1.165, 1.54) is 11.1 Å². The van der Waals surface area contributed by atoms with Crippen LogP contribution in [0.15, 0.2) is 36.5 Å². The fourth-order valence-electron chi connectivity index (χ4n) is 2.08. The lowest BCUT2D eigenvalue weighted by Gasteiger charge is -2.13. The van der Waals surface area contributed by atoms with Gasteiger partial charge >= 0.3 is 0 Å². The molecule has 3 heteroatoms. The normalized spacial score (nSPS) is 12.1. The lowest BCUT2D eigenvalue weighted by Crippen LogP contribution is -2.17. The number of nitrogens with one attached hydrogen (secondary N) is 1. The van der Waals surface area contributed by atoms with Gasteiger partial charge < -0.3 is 9.88 Å². The van der Waals surface area contributed by atoms with Crippen LogP contribution in [0.4, 0.5) is 0 Å². The molecule has 0 aliphatic carbocycles. The first kappa shape index (κ1) is 13.4. The van der Waals surface area contributed by atoms with Gasteiger partial charge in [0, 0.05) is 25.8 Å². The number of benzene rings is 1. The van der Waals surface area contributed by atoms with Crippen molar-refractivity contribution in [3.05, 3.63) is 58.9 Å². The summed E-state index contributed by atoms with van der Waals surface area (Å²) in [7, 11) is 1.89. The van der Waals surface area contributed by atoms with Crippen molar-refractivity contribution in [1.29, 1.82) is 5.26 Å². The van der Waals surface area contributed by atoms with Crippen LogP contribution in [0.3, 0.4) is 0 Å². The Hall–Kier alpha value is -2.05. The molecule has 98 valence electrons. The Morgan fingerprint density at radius 1 is 1.32 bits per heavy atom. The maximum Gasteiger partial charge on any atom is 0.120 e. The van der Waals surface area contributed by atoms with Crippen LogP contribution in [-0.4, -0.2) is 4.57 Å². The Morgan fingerprint density at radius 3 is 2.58 bits per heavy atom. The van der Waals surface area contributed by atoms with Crippen LogP contribution < -0.4 is 5.32 Å². The highest BCUT2D eigenvalue weighted by atomic mass is 14.9. The van der Waals surface area contributed by atoms with Gasteiger partial charge in [-0.2, -0.15) is 5.26 Å². The quantitative estimate of drug-likeness (QED) is 0.909. The molecule has 19 heavy (non-hydrogen) atoms. The van der Waals surface area contributed by atoms with Gasteiger partial charge in [0.1, 0.15) is 11.8 Å². The fourth-order valence-corrected chi connectivity index (χ4v) is 2.08. The van der Waals surface area contributed by atoms with Crippen LogP contribution in [-0.2, 0) is 13.6 Å². The predicted octanol–water partition coefficient (Wildman–Crippen LogP) is 3.06. The SMILES string of the molecule is Cc1ccc(C(C)NCc2cc(C#N)n(C)c2)cc1. The van der Waals surface area contributed by atoms with Crippen LogP contribution in [0, 0.1) is 18.3 Å². The van der Waals surface area contributed by atoms with E-state index in [4.69, 9.17) is 5.26 Å². The monoisotopic (exact) mass is 253 g/mol. The molecule has 0 aliphatic rings. The predicted molar refractivity (Wildman–Crippen MR) is 76.6 cm³/mol. The van der Waals surface area contributed by atoms with Crippen molar-refractivity contribution in [2.45, 2.75) is 26.4 Å². The molecule has 1 N–H and O–H groups in total. The molecular weight excluding hydrogens is 234 g/mol. The van der Waals surface area contributed by atoms with Crippen molar-refractivity contribution in [2.24, 2.45) is 7.05 Å². The highest BCUT2D eigenvalue weighted by Gasteiger charge is 2.06. The van der Waals surface area contributed by atoms with Crippen LogP contribution in [0.25, 0.3) is 0 Å². The van der Waals surface area contributed by atoms with Gasteiger partial charge in [0.15, 0.2) is 0 Å². The standard InChI is InChI=1S/C16H19N3/c1-12-4-6-15(7-5-12)13(2)18-10-14-8-16(9-17)19(3)11-14/h4-8,11,13,18H,10H2,1-3H3. The Balaban J connectivity index is 1.98. The van der Waals surface area contributed by atoms with Gasteiger partial charge in [-0.25, -0.2) is 0 Å². The third kappa shape index (κ3) is 3.24. The third-order valence-corrected chi connectivity index (χ3v) is 3.37. The smallest absolute Gasteiger partial charge is 0.120 e. The Kier molecular flexibility index (Phi) is 4.03. The second kappa shape index (κ2) is 5.73. The van der Waals surface area contributed by atoms with Crippen molar-refractivity contribution < 1.29 is 0 Å². The fraction of sp³-hybridized carbons (Fsp3) is 0.312. The summed E-state index contributed by atoms with van der Waals surface area (Å²) < 4.78 is 1.85. The molecule has 0 radical (unpaired) electrons. The van der Waals surface area contributed by atoms with Crippen LogP contribution in [0.2, 0.25) is 0 Å². The Bertz CT molecular complexity index is 587. The zero-order valence-electron chi connectivity index (χ0n) is 11.6. The number of aromatic nitrogens is 1. The molecule has 1 atom stereocenters. The minimum Gasteiger partial charge on any atom is -0.342 e. The highest BCUT2D eigenvalue weighted by Crippen LogP contribution is 2.14. The molecule has 1 heterocycles. The summed E-state index contributed by atoms with van der Waals surface area (Å²) in [6.07, 6.45) is 1.99. The Labute approximate surface area is 114 Å². The van der Waals surface area contributed by atoms with Crippen molar-refractivity contribution in [1.82, 2.24) is 9.88 Å². The van der Waals surface area contributed by atoms with Gasteiger partial charge in [0.05, 0.1) is 0 Å². The van der Waals surface area contributed by atoms with E-state index in [1.807, 2.05) is 23.9 Å². The molecule has 1 aromatic carbocycles. The van der Waals surface area contributed by atoms with Crippen LogP contribution >= 0.6 is 0 Å². The summed E-state index contributed by atoms with van der Waals surface area (Å²) in [6, 6.07) is 13.0. The maximum absolute atomic E-state index is 8.92. The van der Waals surface area contributed by atoms with E-state index >= 15 is 0 Å². The molecule has 2 rings (SSSR count). The van der Waals surface area contributed by atoms with Gasteiger partial charge in [-0.15, -0.1) is 0 Å². The van der Waals surface area contributed by atoms with Crippen LogP contribution in [0.1, 0.15) is 35.3 Å². The first-order valence-corrected chi connectivity index (χ1v) is 6.45. The second-order valence-corrected chi connectivity index (χ2v) is 4.97. The van der Waals surface area contributed by atoms with E-state index in [0.717, 1.165) is 12.1 Å². The van der Waals surface area contributed by atoms with Gasteiger partial charge in [0.2, 0.25) is 0 Å². The van der Waals surface area contributed by atoms with E-state index in [-0.39, 0.29) is 0 Å². The summed E-state index contributed by atoms with van der Waals surface area (Å²) in [5.74, 6) is 0. The summed E-state index contributed by atoms with van der Waals surface area (Å²) in [4.78, 5) is 0. The molecular formula is C16H19N3. The Morgan fingerprint density at radius 2 is 2.00 bits per heavy atom. The van der Waals surface area contributed by atoms with Gasteiger partial charge in [-0.1, -0.05) is 29.8 Å². The van der Waals surface area contributed by atoms with Gasteiger partial charge in [-0.05, 0) is 31.0 Å². The summed E-state index contributed by atoms with van der Waals surface area (Å²) in [5, 5.41) is 12.4. The van der Waals surface area contributed by atoms with Crippen molar-refractivity contribution in [2.75, 3.05) is 0 Å². The molecule has 0 amide bonds. The zero-order valence-corrected chi connectivity index (χ0v) is 11.6. The second-order valence-electron chi connectivity index (χ2n) is 4.97. The van der Waals surface area contributed by atoms with E-state index in [2.05, 4.69) is 49.5 Å². The number of nitriles is 1. The maximum atomic E-state index is 8.92. The number of hydrogen-bond donors (Lipinski definition) is 1. The minimum absolute atomic E-state index is 0.298. The largest absolute Gasteiger partial charge is 0.342 e. The molecule has 0 spiro atoms. The first-order valence-electron chi connectivity index (χ1n) is 6.45. The average molecular weight is 253 g/mol. The molecule has 0 bridgehead atoms. The number of hydrogen-bond acceptors (Lipinski definition) is 2.